The third kappa shape index (κ3) is 5.24. The predicted octanol–water partition coefficient (Wildman–Crippen LogP) is 4.50. The van der Waals surface area contributed by atoms with Crippen molar-refractivity contribution < 1.29 is 9.59 Å². The summed E-state index contributed by atoms with van der Waals surface area (Å²) in [7, 11) is 0. The van der Waals surface area contributed by atoms with Crippen LogP contribution in [-0.2, 0) is 4.79 Å². The van der Waals surface area contributed by atoms with Crippen LogP contribution in [0, 0.1) is 26.7 Å². The molecule has 0 unspecified atom stereocenters. The number of thiazole rings is 1. The van der Waals surface area contributed by atoms with Gasteiger partial charge < -0.3 is 10.2 Å². The van der Waals surface area contributed by atoms with Gasteiger partial charge in [0.05, 0.1) is 5.69 Å². The second-order valence-electron chi connectivity index (χ2n) is 8.07. The maximum absolute atomic E-state index is 13.2. The molecule has 156 valence electrons. The number of likely N-dealkylation sites (tertiary alicyclic amines) is 1. The quantitative estimate of drug-likeness (QED) is 0.758. The van der Waals surface area contributed by atoms with Crippen molar-refractivity contribution in [1.29, 1.82) is 0 Å². The van der Waals surface area contributed by atoms with Gasteiger partial charge in [0.1, 0.15) is 9.88 Å². The molecule has 0 spiro atoms. The van der Waals surface area contributed by atoms with E-state index in [9.17, 15) is 9.59 Å². The lowest BCUT2D eigenvalue weighted by Gasteiger charge is -2.32. The van der Waals surface area contributed by atoms with Gasteiger partial charge in [-0.15, -0.1) is 11.3 Å². The molecule has 1 atom stereocenters. The molecule has 29 heavy (non-hydrogen) atoms. The van der Waals surface area contributed by atoms with E-state index in [0.717, 1.165) is 46.9 Å². The highest BCUT2D eigenvalue weighted by atomic mass is 32.1. The lowest BCUT2D eigenvalue weighted by Crippen LogP contribution is -2.43. The molecule has 1 aliphatic rings. The van der Waals surface area contributed by atoms with Crippen molar-refractivity contribution in [2.45, 2.75) is 53.4 Å². The molecular weight excluding hydrogens is 382 g/mol. The summed E-state index contributed by atoms with van der Waals surface area (Å²) in [5, 5.41) is 3.92. The van der Waals surface area contributed by atoms with E-state index < -0.39 is 0 Å². The number of nitrogens with zero attached hydrogens (tertiary/aromatic N) is 2. The standard InChI is InChI=1S/C23H31N3O2S/c1-5-7-20(27)24-13-18-8-6-11-26(14-18)23(28)21-17(4)25-22(29-21)19-10-9-15(2)12-16(19)3/h9-10,12,18H,5-8,11,13-14H2,1-4H3,(H,24,27)/t18-/m0/s1. The zero-order valence-corrected chi connectivity index (χ0v) is 18.7. The number of hydrogen-bond acceptors (Lipinski definition) is 4. The van der Waals surface area contributed by atoms with Gasteiger partial charge in [0.25, 0.3) is 5.91 Å². The molecule has 5 nitrogen and oxygen atoms in total. The van der Waals surface area contributed by atoms with E-state index in [0.29, 0.717) is 25.4 Å². The number of piperidine rings is 1. The number of aryl methyl sites for hydroxylation is 3. The number of carbonyl (C=O) groups is 2. The molecule has 0 bridgehead atoms. The van der Waals surface area contributed by atoms with E-state index in [1.165, 1.54) is 22.5 Å². The van der Waals surface area contributed by atoms with Crippen molar-refractivity contribution in [3.05, 3.63) is 39.9 Å². The Morgan fingerprint density at radius 3 is 2.79 bits per heavy atom. The Labute approximate surface area is 177 Å². The Hall–Kier alpha value is -2.21. The summed E-state index contributed by atoms with van der Waals surface area (Å²) >= 11 is 1.49. The largest absolute Gasteiger partial charge is 0.356 e. The maximum atomic E-state index is 13.2. The first kappa shape index (κ1) is 21.5. The van der Waals surface area contributed by atoms with E-state index in [2.05, 4.69) is 37.4 Å². The van der Waals surface area contributed by atoms with Crippen LogP contribution in [0.5, 0.6) is 0 Å². The monoisotopic (exact) mass is 413 g/mol. The summed E-state index contributed by atoms with van der Waals surface area (Å²) in [6, 6.07) is 6.32. The van der Waals surface area contributed by atoms with Crippen LogP contribution in [0.1, 0.15) is 59.1 Å². The summed E-state index contributed by atoms with van der Waals surface area (Å²) in [5.74, 6) is 0.494. The molecule has 1 saturated heterocycles. The van der Waals surface area contributed by atoms with Crippen LogP contribution in [0.15, 0.2) is 18.2 Å². The van der Waals surface area contributed by atoms with Crippen molar-refractivity contribution in [3.63, 3.8) is 0 Å². The van der Waals surface area contributed by atoms with Gasteiger partial charge in [-0.1, -0.05) is 30.7 Å². The van der Waals surface area contributed by atoms with E-state index in [-0.39, 0.29) is 11.8 Å². The second-order valence-corrected chi connectivity index (χ2v) is 9.06. The number of benzene rings is 1. The van der Waals surface area contributed by atoms with Crippen LogP contribution < -0.4 is 5.32 Å². The molecule has 0 aliphatic carbocycles. The van der Waals surface area contributed by atoms with Crippen molar-refractivity contribution in [2.24, 2.45) is 5.92 Å². The SMILES string of the molecule is CCCC(=O)NC[C@@H]1CCCN(C(=O)c2sc(-c3ccc(C)cc3C)nc2C)C1. The van der Waals surface area contributed by atoms with Gasteiger partial charge in [-0.3, -0.25) is 9.59 Å². The minimum atomic E-state index is 0.0700. The number of hydrogen-bond donors (Lipinski definition) is 1. The first-order chi connectivity index (χ1) is 13.9. The van der Waals surface area contributed by atoms with Crippen LogP contribution in [0.25, 0.3) is 10.6 Å². The second kappa shape index (κ2) is 9.53. The van der Waals surface area contributed by atoms with Gasteiger partial charge in [-0.2, -0.15) is 0 Å². The molecule has 2 amide bonds. The highest BCUT2D eigenvalue weighted by Gasteiger charge is 2.27. The molecule has 3 rings (SSSR count). The molecule has 1 aliphatic heterocycles. The normalized spacial score (nSPS) is 16.7. The molecule has 2 heterocycles. The highest BCUT2D eigenvalue weighted by molar-refractivity contribution is 7.17. The molecule has 2 aromatic rings. The van der Waals surface area contributed by atoms with Crippen LogP contribution in [0.3, 0.4) is 0 Å². The zero-order chi connectivity index (χ0) is 21.0. The first-order valence-corrected chi connectivity index (χ1v) is 11.3. The minimum absolute atomic E-state index is 0.0700. The average molecular weight is 414 g/mol. The minimum Gasteiger partial charge on any atom is -0.356 e. The van der Waals surface area contributed by atoms with E-state index in [1.807, 2.05) is 18.7 Å². The van der Waals surface area contributed by atoms with Crippen LogP contribution in [-0.4, -0.2) is 41.3 Å². The Morgan fingerprint density at radius 1 is 1.28 bits per heavy atom. The van der Waals surface area contributed by atoms with Gasteiger partial charge in [0.2, 0.25) is 5.91 Å². The molecule has 1 aromatic heterocycles. The van der Waals surface area contributed by atoms with Crippen molar-refractivity contribution in [1.82, 2.24) is 15.2 Å². The molecule has 1 fully saturated rings. The van der Waals surface area contributed by atoms with Gasteiger partial charge in [0.15, 0.2) is 0 Å². The zero-order valence-electron chi connectivity index (χ0n) is 17.9. The molecule has 1 N–H and O–H groups in total. The van der Waals surface area contributed by atoms with E-state index in [1.54, 1.807) is 0 Å². The van der Waals surface area contributed by atoms with E-state index >= 15 is 0 Å². The summed E-state index contributed by atoms with van der Waals surface area (Å²) in [5.41, 5.74) is 4.30. The van der Waals surface area contributed by atoms with Crippen molar-refractivity contribution in [2.75, 3.05) is 19.6 Å². The molecule has 0 saturated carbocycles. The number of carbonyl (C=O) groups excluding carboxylic acids is 2. The number of rotatable bonds is 6. The fourth-order valence-electron chi connectivity index (χ4n) is 3.90. The fourth-order valence-corrected chi connectivity index (χ4v) is 5.02. The summed E-state index contributed by atoms with van der Waals surface area (Å²) < 4.78 is 0. The molecular formula is C23H31N3O2S. The predicted molar refractivity (Wildman–Crippen MR) is 118 cm³/mol. The van der Waals surface area contributed by atoms with Crippen molar-refractivity contribution >= 4 is 23.2 Å². The third-order valence-corrected chi connectivity index (χ3v) is 6.65. The fraction of sp³-hybridized carbons (Fsp3) is 0.522. The topological polar surface area (TPSA) is 62.3 Å². The van der Waals surface area contributed by atoms with Gasteiger partial charge in [-0.25, -0.2) is 4.98 Å². The molecule has 1 aromatic carbocycles. The lowest BCUT2D eigenvalue weighted by molar-refractivity contribution is -0.121. The number of nitrogens with one attached hydrogen (secondary N) is 1. The number of amides is 2. The first-order valence-electron chi connectivity index (χ1n) is 10.5. The van der Waals surface area contributed by atoms with Gasteiger partial charge in [0, 0.05) is 31.6 Å². The van der Waals surface area contributed by atoms with Crippen LogP contribution in [0.2, 0.25) is 0 Å². The third-order valence-electron chi connectivity index (χ3n) is 5.47. The average Bonchev–Trinajstić information content (AvgIpc) is 3.07. The van der Waals surface area contributed by atoms with Crippen LogP contribution >= 0.6 is 11.3 Å². The van der Waals surface area contributed by atoms with Gasteiger partial charge >= 0.3 is 0 Å². The Kier molecular flexibility index (Phi) is 7.06. The Morgan fingerprint density at radius 2 is 2.07 bits per heavy atom. The highest BCUT2D eigenvalue weighted by Crippen LogP contribution is 2.32. The lowest BCUT2D eigenvalue weighted by atomic mass is 9.97. The molecule has 0 radical (unpaired) electrons. The van der Waals surface area contributed by atoms with E-state index in [4.69, 9.17) is 4.98 Å². The Bertz CT molecular complexity index is 890. The number of aromatic nitrogens is 1. The van der Waals surface area contributed by atoms with Crippen LogP contribution in [0.4, 0.5) is 0 Å². The Balaban J connectivity index is 1.70. The summed E-state index contributed by atoms with van der Waals surface area (Å²) in [4.78, 5) is 32.3. The molecule has 6 heteroatoms. The van der Waals surface area contributed by atoms with Crippen molar-refractivity contribution in [3.8, 4) is 10.6 Å². The maximum Gasteiger partial charge on any atom is 0.265 e. The summed E-state index contributed by atoms with van der Waals surface area (Å²) in [6.45, 7) is 10.2. The smallest absolute Gasteiger partial charge is 0.265 e. The summed E-state index contributed by atoms with van der Waals surface area (Å²) in [6.07, 6.45) is 3.44. The van der Waals surface area contributed by atoms with Gasteiger partial charge in [-0.05, 0) is 51.5 Å².